The molecule has 2 heterocycles. The van der Waals surface area contributed by atoms with Gasteiger partial charge in [-0.05, 0) is 39.0 Å². The smallest absolute Gasteiger partial charge is 0.254 e. The van der Waals surface area contributed by atoms with E-state index in [9.17, 15) is 9.90 Å². The zero-order valence-corrected chi connectivity index (χ0v) is 15.6. The van der Waals surface area contributed by atoms with E-state index in [0.29, 0.717) is 17.9 Å². The quantitative estimate of drug-likeness (QED) is 0.609. The Morgan fingerprint density at radius 3 is 2.70 bits per heavy atom. The van der Waals surface area contributed by atoms with Gasteiger partial charge in [-0.25, -0.2) is 4.68 Å². The molecule has 0 saturated carbocycles. The summed E-state index contributed by atoms with van der Waals surface area (Å²) in [5, 5.41) is 15.3. The topological polar surface area (TPSA) is 129 Å². The van der Waals surface area contributed by atoms with Crippen LogP contribution in [0.4, 0.5) is 5.82 Å². The van der Waals surface area contributed by atoms with Gasteiger partial charge in [-0.2, -0.15) is 5.10 Å². The largest absolute Gasteiger partial charge is 0.494 e. The van der Waals surface area contributed by atoms with Crippen molar-refractivity contribution in [2.24, 2.45) is 5.73 Å². The third-order valence-electron chi connectivity index (χ3n) is 4.01. The molecule has 8 nitrogen and oxygen atoms in total. The van der Waals surface area contributed by atoms with E-state index < -0.39 is 11.5 Å². The van der Waals surface area contributed by atoms with Crippen LogP contribution < -0.4 is 16.2 Å². The second kappa shape index (κ2) is 6.88. The highest BCUT2D eigenvalue weighted by molar-refractivity contribution is 6.03. The maximum Gasteiger partial charge on any atom is 0.254 e. The molecule has 0 fully saturated rings. The number of hydrogen-bond donors (Lipinski definition) is 3. The Balaban J connectivity index is 2.10. The van der Waals surface area contributed by atoms with Gasteiger partial charge in [0, 0.05) is 23.2 Å². The summed E-state index contributed by atoms with van der Waals surface area (Å²) in [5.41, 5.74) is 12.4. The molecule has 0 aliphatic heterocycles. The van der Waals surface area contributed by atoms with E-state index in [1.807, 2.05) is 31.2 Å². The predicted molar refractivity (Wildman–Crippen MR) is 103 cm³/mol. The third kappa shape index (κ3) is 3.85. The first kappa shape index (κ1) is 18.7. The van der Waals surface area contributed by atoms with Crippen molar-refractivity contribution in [2.45, 2.75) is 32.9 Å². The molecule has 0 bridgehead atoms. The number of fused-ring (bicyclic) bond motifs is 1. The van der Waals surface area contributed by atoms with Crippen molar-refractivity contribution in [3.05, 3.63) is 36.0 Å². The number of pyridine rings is 1. The first-order valence-electron chi connectivity index (χ1n) is 8.61. The average molecular weight is 369 g/mol. The summed E-state index contributed by atoms with van der Waals surface area (Å²) in [7, 11) is 0. The zero-order chi connectivity index (χ0) is 19.8. The van der Waals surface area contributed by atoms with Crippen LogP contribution >= 0.6 is 0 Å². The van der Waals surface area contributed by atoms with Gasteiger partial charge < -0.3 is 21.3 Å². The number of aliphatic hydroxyl groups is 1. The van der Waals surface area contributed by atoms with Gasteiger partial charge in [0.1, 0.15) is 22.8 Å². The van der Waals surface area contributed by atoms with Gasteiger partial charge in [0.2, 0.25) is 0 Å². The molecular formula is C19H23N5O3. The van der Waals surface area contributed by atoms with Crippen LogP contribution in [0.1, 0.15) is 31.1 Å². The number of benzene rings is 1. The molecule has 0 aliphatic rings. The Bertz CT molecular complexity index is 1000. The first-order valence-corrected chi connectivity index (χ1v) is 8.61. The molecule has 0 spiro atoms. The zero-order valence-electron chi connectivity index (χ0n) is 15.6. The second-order valence-electron chi connectivity index (χ2n) is 6.95. The summed E-state index contributed by atoms with van der Waals surface area (Å²) < 4.78 is 6.87. The van der Waals surface area contributed by atoms with Crippen LogP contribution in [0.3, 0.4) is 0 Å². The van der Waals surface area contributed by atoms with Crippen LogP contribution in [0, 0.1) is 0 Å². The molecule has 1 aromatic carbocycles. The molecule has 27 heavy (non-hydrogen) atoms. The van der Waals surface area contributed by atoms with Crippen molar-refractivity contribution in [2.75, 3.05) is 12.3 Å². The fourth-order valence-electron chi connectivity index (χ4n) is 2.89. The Morgan fingerprint density at radius 2 is 2.07 bits per heavy atom. The number of nitrogens with two attached hydrogens (primary N) is 2. The number of nitrogen functional groups attached to an aromatic ring is 1. The van der Waals surface area contributed by atoms with E-state index in [4.69, 9.17) is 16.2 Å². The van der Waals surface area contributed by atoms with Gasteiger partial charge >= 0.3 is 0 Å². The van der Waals surface area contributed by atoms with Crippen molar-refractivity contribution in [3.8, 4) is 17.0 Å². The minimum atomic E-state index is -1.05. The van der Waals surface area contributed by atoms with Crippen LogP contribution in [-0.4, -0.2) is 38.0 Å². The standard InChI is InChI=1S/C19H23N5O3/c1-4-27-13-6-5-11-7-12(9-22-14(11)8-13)16-15(18(21)25)17(20)24(23-16)10-19(2,3)26/h5-9,26H,4,10,20H2,1-3H3,(H2,21,25). The summed E-state index contributed by atoms with van der Waals surface area (Å²) in [4.78, 5) is 16.4. The fourth-order valence-corrected chi connectivity index (χ4v) is 2.89. The highest BCUT2D eigenvalue weighted by atomic mass is 16.5. The lowest BCUT2D eigenvalue weighted by Crippen LogP contribution is -2.27. The van der Waals surface area contributed by atoms with Crippen molar-refractivity contribution < 1.29 is 14.6 Å². The Kier molecular flexibility index (Phi) is 4.75. The highest BCUT2D eigenvalue weighted by Crippen LogP contribution is 2.30. The van der Waals surface area contributed by atoms with Crippen molar-refractivity contribution >= 4 is 22.6 Å². The van der Waals surface area contributed by atoms with Gasteiger partial charge in [-0.3, -0.25) is 9.78 Å². The SMILES string of the molecule is CCOc1ccc2cc(-c3nn(CC(C)(C)O)c(N)c3C(N)=O)cnc2c1. The second-order valence-corrected chi connectivity index (χ2v) is 6.95. The lowest BCUT2D eigenvalue weighted by atomic mass is 10.1. The lowest BCUT2D eigenvalue weighted by Gasteiger charge is -2.17. The summed E-state index contributed by atoms with van der Waals surface area (Å²) in [5.74, 6) is 0.171. The van der Waals surface area contributed by atoms with Gasteiger partial charge in [0.05, 0.1) is 24.3 Å². The highest BCUT2D eigenvalue weighted by Gasteiger charge is 2.25. The molecule has 0 radical (unpaired) electrons. The predicted octanol–water partition coefficient (Wildman–Crippen LogP) is 1.95. The number of primary amides is 1. The summed E-state index contributed by atoms with van der Waals surface area (Å²) in [6.45, 7) is 5.87. The molecule has 142 valence electrons. The van der Waals surface area contributed by atoms with E-state index in [2.05, 4.69) is 10.1 Å². The van der Waals surface area contributed by atoms with Gasteiger partial charge in [-0.15, -0.1) is 0 Å². The minimum absolute atomic E-state index is 0.117. The van der Waals surface area contributed by atoms with Crippen molar-refractivity contribution in [3.63, 3.8) is 0 Å². The van der Waals surface area contributed by atoms with Crippen LogP contribution in [0.15, 0.2) is 30.5 Å². The number of rotatable bonds is 6. The number of amides is 1. The van der Waals surface area contributed by atoms with Crippen LogP contribution in [0.5, 0.6) is 5.75 Å². The molecular weight excluding hydrogens is 346 g/mol. The first-order chi connectivity index (χ1) is 12.7. The maximum atomic E-state index is 12.0. The lowest BCUT2D eigenvalue weighted by molar-refractivity contribution is 0.0584. The molecule has 0 unspecified atom stereocenters. The number of anilines is 1. The van der Waals surface area contributed by atoms with E-state index in [1.165, 1.54) is 4.68 Å². The van der Waals surface area contributed by atoms with Gasteiger partial charge in [0.15, 0.2) is 0 Å². The number of ether oxygens (including phenoxy) is 1. The monoisotopic (exact) mass is 369 g/mol. The molecule has 1 amide bonds. The van der Waals surface area contributed by atoms with E-state index >= 15 is 0 Å². The summed E-state index contributed by atoms with van der Waals surface area (Å²) >= 11 is 0. The third-order valence-corrected chi connectivity index (χ3v) is 4.01. The van der Waals surface area contributed by atoms with Crippen molar-refractivity contribution in [1.29, 1.82) is 0 Å². The van der Waals surface area contributed by atoms with Crippen LogP contribution in [0.25, 0.3) is 22.2 Å². The van der Waals surface area contributed by atoms with Crippen LogP contribution in [0.2, 0.25) is 0 Å². The van der Waals surface area contributed by atoms with Crippen molar-refractivity contribution in [1.82, 2.24) is 14.8 Å². The summed E-state index contributed by atoms with van der Waals surface area (Å²) in [6.07, 6.45) is 1.61. The molecule has 5 N–H and O–H groups in total. The number of carbonyl (C=O) groups excluding carboxylic acids is 1. The molecule has 2 aromatic heterocycles. The van der Waals surface area contributed by atoms with Gasteiger partial charge in [0.25, 0.3) is 5.91 Å². The number of nitrogens with zero attached hydrogens (tertiary/aromatic N) is 3. The number of hydrogen-bond acceptors (Lipinski definition) is 6. The van der Waals surface area contributed by atoms with E-state index in [-0.39, 0.29) is 17.9 Å². The normalized spacial score (nSPS) is 11.7. The number of aromatic nitrogens is 3. The molecule has 0 atom stereocenters. The average Bonchev–Trinajstić information content (AvgIpc) is 2.89. The molecule has 0 saturated heterocycles. The van der Waals surface area contributed by atoms with Gasteiger partial charge in [-0.1, -0.05) is 0 Å². The Hall–Kier alpha value is -3.13. The minimum Gasteiger partial charge on any atom is -0.494 e. The van der Waals surface area contributed by atoms with E-state index in [0.717, 1.165) is 16.7 Å². The Morgan fingerprint density at radius 1 is 1.33 bits per heavy atom. The molecule has 8 heteroatoms. The maximum absolute atomic E-state index is 12.0. The van der Waals surface area contributed by atoms with E-state index in [1.54, 1.807) is 20.0 Å². The molecule has 3 aromatic rings. The summed E-state index contributed by atoms with van der Waals surface area (Å²) in [6, 6.07) is 7.45. The Labute approximate surface area is 156 Å². The molecule has 0 aliphatic carbocycles. The van der Waals surface area contributed by atoms with Crippen LogP contribution in [-0.2, 0) is 6.54 Å². The fraction of sp³-hybridized carbons (Fsp3) is 0.316. The molecule has 3 rings (SSSR count). The number of carbonyl (C=O) groups is 1.